The molecule has 0 atom stereocenters. The van der Waals surface area contributed by atoms with Gasteiger partial charge in [-0.3, -0.25) is 4.79 Å². The first-order valence-corrected chi connectivity index (χ1v) is 8.45. The number of aliphatic hydroxyl groups is 1. The molecule has 1 aliphatic heterocycles. The van der Waals surface area contributed by atoms with E-state index in [0.717, 1.165) is 44.6 Å². The summed E-state index contributed by atoms with van der Waals surface area (Å²) in [5, 5.41) is 9.63. The van der Waals surface area contributed by atoms with Crippen molar-refractivity contribution in [2.75, 3.05) is 39.9 Å². The molecule has 23 heavy (non-hydrogen) atoms. The molecular formula is C17H25ClN2O3. The van der Waals surface area contributed by atoms with E-state index in [4.69, 9.17) is 21.4 Å². The van der Waals surface area contributed by atoms with Crippen LogP contribution in [0.15, 0.2) is 24.3 Å². The third-order valence-electron chi connectivity index (χ3n) is 4.33. The third-order valence-corrected chi connectivity index (χ3v) is 4.59. The maximum Gasteiger partial charge on any atom is 0.248 e. The van der Waals surface area contributed by atoms with Gasteiger partial charge in [-0.25, -0.2) is 0 Å². The zero-order valence-corrected chi connectivity index (χ0v) is 14.3. The summed E-state index contributed by atoms with van der Waals surface area (Å²) in [6, 6.07) is 7.65. The first-order valence-electron chi connectivity index (χ1n) is 8.07. The highest BCUT2D eigenvalue weighted by atomic mass is 35.5. The molecule has 5 nitrogen and oxygen atoms in total. The number of benzene rings is 1. The van der Waals surface area contributed by atoms with Crippen molar-refractivity contribution in [1.29, 1.82) is 0 Å². The molecule has 1 N–H and O–H groups in total. The number of halogens is 1. The maximum atomic E-state index is 11.5. The molecule has 0 radical (unpaired) electrons. The Morgan fingerprint density at radius 1 is 1.35 bits per heavy atom. The molecule has 6 heteroatoms. The third kappa shape index (κ3) is 5.68. The number of likely N-dealkylation sites (N-methyl/N-ethyl adjacent to an activating group) is 1. The van der Waals surface area contributed by atoms with Gasteiger partial charge in [0.2, 0.25) is 5.91 Å². The summed E-state index contributed by atoms with van der Waals surface area (Å²) >= 11 is 5.84. The fraction of sp³-hybridized carbons (Fsp3) is 0.588. The van der Waals surface area contributed by atoms with Gasteiger partial charge in [-0.15, -0.1) is 0 Å². The molecule has 1 saturated heterocycles. The molecule has 1 aromatic carbocycles. The van der Waals surface area contributed by atoms with E-state index in [9.17, 15) is 4.79 Å². The molecule has 2 rings (SSSR count). The van der Waals surface area contributed by atoms with Crippen LogP contribution in [0.1, 0.15) is 19.3 Å². The van der Waals surface area contributed by atoms with Crippen molar-refractivity contribution in [2.45, 2.75) is 25.3 Å². The molecule has 1 aromatic rings. The Hall–Kier alpha value is -1.30. The van der Waals surface area contributed by atoms with Crippen molar-refractivity contribution in [3.05, 3.63) is 29.3 Å². The van der Waals surface area contributed by atoms with E-state index in [1.807, 2.05) is 24.3 Å². The number of piperidine rings is 1. The molecule has 1 heterocycles. The van der Waals surface area contributed by atoms with Crippen molar-refractivity contribution in [3.63, 3.8) is 0 Å². The molecule has 0 aromatic heterocycles. The van der Waals surface area contributed by atoms with Gasteiger partial charge in [-0.05, 0) is 43.5 Å². The Labute approximate surface area is 142 Å². The van der Waals surface area contributed by atoms with E-state index in [1.54, 1.807) is 11.9 Å². The van der Waals surface area contributed by atoms with E-state index in [1.165, 1.54) is 0 Å². The summed E-state index contributed by atoms with van der Waals surface area (Å²) in [5.74, 6) is 0.650. The van der Waals surface area contributed by atoms with Gasteiger partial charge in [0.25, 0.3) is 0 Å². The van der Waals surface area contributed by atoms with E-state index >= 15 is 0 Å². The minimum Gasteiger partial charge on any atom is -0.494 e. The summed E-state index contributed by atoms with van der Waals surface area (Å²) in [6.07, 6.45) is 2.89. The van der Waals surface area contributed by atoms with Crippen LogP contribution < -0.4 is 4.74 Å². The van der Waals surface area contributed by atoms with Gasteiger partial charge in [-0.1, -0.05) is 11.6 Å². The van der Waals surface area contributed by atoms with Crippen LogP contribution in [-0.4, -0.2) is 66.8 Å². The fourth-order valence-corrected chi connectivity index (χ4v) is 2.98. The molecule has 1 amide bonds. The van der Waals surface area contributed by atoms with E-state index in [2.05, 4.69) is 4.90 Å². The molecule has 0 unspecified atom stereocenters. The van der Waals surface area contributed by atoms with Crippen molar-refractivity contribution in [2.24, 2.45) is 0 Å². The van der Waals surface area contributed by atoms with Crippen molar-refractivity contribution < 1.29 is 14.6 Å². The number of amides is 1. The Morgan fingerprint density at radius 3 is 2.61 bits per heavy atom. The quantitative estimate of drug-likeness (QED) is 0.772. The second-order valence-electron chi connectivity index (χ2n) is 5.89. The Bertz CT molecular complexity index is 487. The van der Waals surface area contributed by atoms with Crippen molar-refractivity contribution >= 4 is 17.5 Å². The average Bonchev–Trinajstić information content (AvgIpc) is 2.59. The predicted molar refractivity (Wildman–Crippen MR) is 90.9 cm³/mol. The Morgan fingerprint density at radius 2 is 2.00 bits per heavy atom. The van der Waals surface area contributed by atoms with Gasteiger partial charge in [-0.2, -0.15) is 0 Å². The number of carbonyl (C=O) groups excluding carboxylic acids is 1. The van der Waals surface area contributed by atoms with Crippen LogP contribution in [-0.2, 0) is 4.79 Å². The van der Waals surface area contributed by atoms with Crippen molar-refractivity contribution in [1.82, 2.24) is 9.80 Å². The monoisotopic (exact) mass is 340 g/mol. The highest BCUT2D eigenvalue weighted by molar-refractivity contribution is 6.30. The number of nitrogens with zero attached hydrogens (tertiary/aromatic N) is 2. The van der Waals surface area contributed by atoms with Crippen molar-refractivity contribution in [3.8, 4) is 5.75 Å². The zero-order valence-electron chi connectivity index (χ0n) is 13.6. The highest BCUT2D eigenvalue weighted by Crippen LogP contribution is 2.17. The summed E-state index contributed by atoms with van der Waals surface area (Å²) in [4.78, 5) is 15.6. The number of hydrogen-bond donors (Lipinski definition) is 1. The van der Waals surface area contributed by atoms with Gasteiger partial charge in [0.05, 0.1) is 6.61 Å². The lowest BCUT2D eigenvalue weighted by atomic mass is 10.0. The number of aliphatic hydroxyl groups excluding tert-OH is 1. The smallest absolute Gasteiger partial charge is 0.248 e. The Kier molecular flexibility index (Phi) is 7.15. The number of hydrogen-bond acceptors (Lipinski definition) is 4. The van der Waals surface area contributed by atoms with Crippen LogP contribution >= 0.6 is 11.6 Å². The second-order valence-corrected chi connectivity index (χ2v) is 6.33. The molecular weight excluding hydrogens is 316 g/mol. The summed E-state index contributed by atoms with van der Waals surface area (Å²) in [5.41, 5.74) is 0. The molecule has 0 spiro atoms. The second kappa shape index (κ2) is 9.11. The normalized spacial score (nSPS) is 16.3. The molecule has 1 aliphatic rings. The van der Waals surface area contributed by atoms with Crippen LogP contribution in [0.4, 0.5) is 0 Å². The summed E-state index contributed by atoms with van der Waals surface area (Å²) in [6.45, 7) is 3.24. The lowest BCUT2D eigenvalue weighted by Crippen LogP contribution is -2.46. The topological polar surface area (TPSA) is 53.0 Å². The van der Waals surface area contributed by atoms with Crippen LogP contribution in [0.25, 0.3) is 0 Å². The first kappa shape index (κ1) is 18.0. The first-order chi connectivity index (χ1) is 11.1. The largest absolute Gasteiger partial charge is 0.494 e. The lowest BCUT2D eigenvalue weighted by molar-refractivity contribution is -0.135. The lowest BCUT2D eigenvalue weighted by Gasteiger charge is -2.36. The Balaban J connectivity index is 1.61. The standard InChI is InChI=1S/C17H25ClN2O3/c1-19(17(22)13-21)15-7-10-20(11-8-15)9-2-12-23-16-5-3-14(18)4-6-16/h3-6,15,21H,2,7-13H2,1H3. The van der Waals surface area contributed by atoms with E-state index in [-0.39, 0.29) is 11.9 Å². The molecule has 0 saturated carbocycles. The molecule has 0 aliphatic carbocycles. The highest BCUT2D eigenvalue weighted by Gasteiger charge is 2.24. The van der Waals surface area contributed by atoms with Gasteiger partial charge in [0, 0.05) is 37.7 Å². The van der Waals surface area contributed by atoms with E-state index < -0.39 is 6.61 Å². The van der Waals surface area contributed by atoms with E-state index in [0.29, 0.717) is 11.6 Å². The number of ether oxygens (including phenoxy) is 1. The number of carbonyl (C=O) groups is 1. The van der Waals surface area contributed by atoms with Gasteiger partial charge < -0.3 is 19.6 Å². The summed E-state index contributed by atoms with van der Waals surface area (Å²) < 4.78 is 5.69. The summed E-state index contributed by atoms with van der Waals surface area (Å²) in [7, 11) is 1.78. The van der Waals surface area contributed by atoms with Gasteiger partial charge in [0.1, 0.15) is 12.4 Å². The number of rotatable bonds is 7. The average molecular weight is 341 g/mol. The van der Waals surface area contributed by atoms with Gasteiger partial charge in [0.15, 0.2) is 0 Å². The van der Waals surface area contributed by atoms with Crippen LogP contribution in [0.2, 0.25) is 5.02 Å². The molecule has 0 bridgehead atoms. The number of likely N-dealkylation sites (tertiary alicyclic amines) is 1. The zero-order chi connectivity index (χ0) is 16.7. The van der Waals surface area contributed by atoms with Crippen LogP contribution in [0.5, 0.6) is 5.75 Å². The fourth-order valence-electron chi connectivity index (χ4n) is 2.85. The predicted octanol–water partition coefficient (Wildman–Crippen LogP) is 2.02. The minimum absolute atomic E-state index is 0.195. The van der Waals surface area contributed by atoms with Gasteiger partial charge >= 0.3 is 0 Å². The molecule has 1 fully saturated rings. The SMILES string of the molecule is CN(C(=O)CO)C1CCN(CCCOc2ccc(Cl)cc2)CC1. The molecule has 128 valence electrons. The van der Waals surface area contributed by atoms with Crippen LogP contribution in [0, 0.1) is 0 Å². The van der Waals surface area contributed by atoms with Crippen LogP contribution in [0.3, 0.4) is 0 Å². The maximum absolute atomic E-state index is 11.5. The minimum atomic E-state index is -0.404.